The molecule has 0 aliphatic rings. The molecule has 0 spiro atoms. The van der Waals surface area contributed by atoms with E-state index in [1.807, 2.05) is 7.05 Å². The van der Waals surface area contributed by atoms with Crippen molar-refractivity contribution in [3.05, 3.63) is 48.0 Å². The van der Waals surface area contributed by atoms with Crippen molar-refractivity contribution in [1.82, 2.24) is 10.2 Å². The summed E-state index contributed by atoms with van der Waals surface area (Å²) in [6.07, 6.45) is 1.19. The highest BCUT2D eigenvalue weighted by molar-refractivity contribution is 5.83. The van der Waals surface area contributed by atoms with Crippen molar-refractivity contribution < 1.29 is 0 Å². The average molecular weight is 270 g/mol. The molecule has 0 saturated heterocycles. The van der Waals surface area contributed by atoms with Crippen LogP contribution in [0.25, 0.3) is 10.8 Å². The number of hydrogen-bond acceptors (Lipinski definition) is 2. The average Bonchev–Trinajstić information content (AvgIpc) is 2.51. The summed E-state index contributed by atoms with van der Waals surface area (Å²) in [7, 11) is 4.25. The minimum Gasteiger partial charge on any atom is -0.312 e. The second kappa shape index (κ2) is 6.87. The van der Waals surface area contributed by atoms with Crippen LogP contribution < -0.4 is 5.32 Å². The van der Waals surface area contributed by atoms with Crippen LogP contribution in [0.15, 0.2) is 42.5 Å². The molecule has 0 radical (unpaired) electrons. The molecule has 20 heavy (non-hydrogen) atoms. The van der Waals surface area contributed by atoms with Gasteiger partial charge in [0.15, 0.2) is 0 Å². The Balaban J connectivity index is 2.20. The Morgan fingerprint density at radius 1 is 1.10 bits per heavy atom. The molecule has 2 rings (SSSR count). The van der Waals surface area contributed by atoms with E-state index in [1.165, 1.54) is 22.8 Å². The molecular formula is C18H26N2. The van der Waals surface area contributed by atoms with E-state index >= 15 is 0 Å². The Labute approximate surface area is 122 Å². The molecule has 0 bridgehead atoms. The number of rotatable bonds is 6. The van der Waals surface area contributed by atoms with E-state index in [1.54, 1.807) is 0 Å². The zero-order valence-corrected chi connectivity index (χ0v) is 13.1. The van der Waals surface area contributed by atoms with Crippen LogP contribution >= 0.6 is 0 Å². The SMILES string of the molecule is CCC(C)N(C)CC(NC)c1ccc2ccccc2c1. The molecule has 108 valence electrons. The summed E-state index contributed by atoms with van der Waals surface area (Å²) in [4.78, 5) is 2.43. The van der Waals surface area contributed by atoms with Crippen LogP contribution in [-0.4, -0.2) is 31.6 Å². The number of benzene rings is 2. The molecule has 0 aliphatic heterocycles. The molecule has 2 aromatic carbocycles. The van der Waals surface area contributed by atoms with Gasteiger partial charge in [0.05, 0.1) is 0 Å². The van der Waals surface area contributed by atoms with Gasteiger partial charge in [-0.3, -0.25) is 0 Å². The van der Waals surface area contributed by atoms with Gasteiger partial charge in [-0.05, 0) is 49.8 Å². The lowest BCUT2D eigenvalue weighted by atomic mass is 10.0. The van der Waals surface area contributed by atoms with Gasteiger partial charge in [-0.25, -0.2) is 0 Å². The molecule has 2 heteroatoms. The molecule has 2 atom stereocenters. The van der Waals surface area contributed by atoms with Gasteiger partial charge in [0, 0.05) is 18.6 Å². The molecule has 0 aromatic heterocycles. The van der Waals surface area contributed by atoms with Crippen molar-refractivity contribution >= 4 is 10.8 Å². The maximum absolute atomic E-state index is 3.45. The van der Waals surface area contributed by atoms with E-state index in [2.05, 4.69) is 73.6 Å². The lowest BCUT2D eigenvalue weighted by molar-refractivity contribution is 0.228. The fourth-order valence-corrected chi connectivity index (χ4v) is 2.57. The van der Waals surface area contributed by atoms with Crippen LogP contribution in [0.3, 0.4) is 0 Å². The zero-order valence-electron chi connectivity index (χ0n) is 13.1. The predicted octanol–water partition coefficient (Wildman–Crippen LogP) is 3.83. The van der Waals surface area contributed by atoms with E-state index in [9.17, 15) is 0 Å². The highest BCUT2D eigenvalue weighted by atomic mass is 15.1. The van der Waals surface area contributed by atoms with E-state index < -0.39 is 0 Å². The van der Waals surface area contributed by atoms with Crippen molar-refractivity contribution in [2.75, 3.05) is 20.6 Å². The van der Waals surface area contributed by atoms with Crippen molar-refractivity contribution in [1.29, 1.82) is 0 Å². The van der Waals surface area contributed by atoms with Crippen LogP contribution in [0.4, 0.5) is 0 Å². The van der Waals surface area contributed by atoms with Gasteiger partial charge in [0.25, 0.3) is 0 Å². The Bertz CT molecular complexity index is 550. The van der Waals surface area contributed by atoms with Gasteiger partial charge in [-0.15, -0.1) is 0 Å². The lowest BCUT2D eigenvalue weighted by Crippen LogP contribution is -2.36. The Morgan fingerprint density at radius 3 is 2.45 bits per heavy atom. The van der Waals surface area contributed by atoms with Crippen LogP contribution in [-0.2, 0) is 0 Å². The van der Waals surface area contributed by atoms with Crippen LogP contribution in [0, 0.1) is 0 Å². The molecule has 0 amide bonds. The van der Waals surface area contributed by atoms with Crippen molar-refractivity contribution in [2.45, 2.75) is 32.4 Å². The van der Waals surface area contributed by atoms with Gasteiger partial charge in [-0.2, -0.15) is 0 Å². The minimum atomic E-state index is 0.374. The van der Waals surface area contributed by atoms with Crippen LogP contribution in [0.5, 0.6) is 0 Å². The summed E-state index contributed by atoms with van der Waals surface area (Å²) in [6, 6.07) is 16.3. The highest BCUT2D eigenvalue weighted by Gasteiger charge is 2.15. The summed E-state index contributed by atoms with van der Waals surface area (Å²) in [6.45, 7) is 5.56. The molecular weight excluding hydrogens is 244 g/mol. The number of likely N-dealkylation sites (N-methyl/N-ethyl adjacent to an activating group) is 2. The number of nitrogens with one attached hydrogen (secondary N) is 1. The largest absolute Gasteiger partial charge is 0.312 e. The fraction of sp³-hybridized carbons (Fsp3) is 0.444. The molecule has 0 fully saturated rings. The first kappa shape index (κ1) is 15.0. The number of hydrogen-bond donors (Lipinski definition) is 1. The monoisotopic (exact) mass is 270 g/mol. The van der Waals surface area contributed by atoms with Crippen LogP contribution in [0.2, 0.25) is 0 Å². The van der Waals surface area contributed by atoms with Crippen molar-refractivity contribution in [2.24, 2.45) is 0 Å². The minimum absolute atomic E-state index is 0.374. The molecule has 0 heterocycles. The molecule has 2 nitrogen and oxygen atoms in total. The summed E-state index contributed by atoms with van der Waals surface area (Å²) < 4.78 is 0. The predicted molar refractivity (Wildman–Crippen MR) is 88.1 cm³/mol. The topological polar surface area (TPSA) is 15.3 Å². The van der Waals surface area contributed by atoms with Gasteiger partial charge in [0.2, 0.25) is 0 Å². The smallest absolute Gasteiger partial charge is 0.0447 e. The van der Waals surface area contributed by atoms with Gasteiger partial charge < -0.3 is 10.2 Å². The van der Waals surface area contributed by atoms with Crippen molar-refractivity contribution in [3.8, 4) is 0 Å². The fourth-order valence-electron chi connectivity index (χ4n) is 2.57. The van der Waals surface area contributed by atoms with Gasteiger partial charge in [-0.1, -0.05) is 43.3 Å². The normalized spacial score (nSPS) is 14.7. The van der Waals surface area contributed by atoms with E-state index in [0.717, 1.165) is 6.54 Å². The Hall–Kier alpha value is -1.38. The third-order valence-corrected chi connectivity index (χ3v) is 4.34. The Morgan fingerprint density at radius 2 is 1.80 bits per heavy atom. The number of fused-ring (bicyclic) bond motifs is 1. The first-order chi connectivity index (χ1) is 9.65. The standard InChI is InChI=1S/C18H26N2/c1-5-14(2)20(4)13-18(19-3)17-11-10-15-8-6-7-9-16(15)12-17/h6-12,14,18-19H,5,13H2,1-4H3. The maximum Gasteiger partial charge on any atom is 0.0447 e. The molecule has 0 aliphatic carbocycles. The first-order valence-electron chi connectivity index (χ1n) is 7.52. The summed E-state index contributed by atoms with van der Waals surface area (Å²) in [5.41, 5.74) is 1.36. The van der Waals surface area contributed by atoms with Gasteiger partial charge in [0.1, 0.15) is 0 Å². The third-order valence-electron chi connectivity index (χ3n) is 4.34. The molecule has 2 aromatic rings. The summed E-state index contributed by atoms with van der Waals surface area (Å²) in [5.74, 6) is 0. The quantitative estimate of drug-likeness (QED) is 0.858. The lowest BCUT2D eigenvalue weighted by Gasteiger charge is -2.28. The third kappa shape index (κ3) is 3.38. The van der Waals surface area contributed by atoms with Crippen molar-refractivity contribution in [3.63, 3.8) is 0 Å². The van der Waals surface area contributed by atoms with Gasteiger partial charge >= 0.3 is 0 Å². The van der Waals surface area contributed by atoms with E-state index in [4.69, 9.17) is 0 Å². The maximum atomic E-state index is 3.45. The molecule has 1 N–H and O–H groups in total. The zero-order chi connectivity index (χ0) is 14.5. The Kier molecular flexibility index (Phi) is 5.16. The molecule has 2 unspecified atom stereocenters. The van der Waals surface area contributed by atoms with E-state index in [-0.39, 0.29) is 0 Å². The second-order valence-electron chi connectivity index (χ2n) is 5.64. The summed E-state index contributed by atoms with van der Waals surface area (Å²) >= 11 is 0. The first-order valence-corrected chi connectivity index (χ1v) is 7.52. The van der Waals surface area contributed by atoms with Crippen LogP contribution in [0.1, 0.15) is 31.9 Å². The second-order valence-corrected chi connectivity index (χ2v) is 5.64. The summed E-state index contributed by atoms with van der Waals surface area (Å²) in [5, 5.41) is 6.07. The van der Waals surface area contributed by atoms with E-state index in [0.29, 0.717) is 12.1 Å². The molecule has 0 saturated carbocycles. The number of nitrogens with zero attached hydrogens (tertiary/aromatic N) is 1. The highest BCUT2D eigenvalue weighted by Crippen LogP contribution is 2.21.